The average Bonchev–Trinajstić information content (AvgIpc) is 3.09. The van der Waals surface area contributed by atoms with Crippen molar-refractivity contribution in [2.45, 2.75) is 18.9 Å². The fourth-order valence-electron chi connectivity index (χ4n) is 3.04. The van der Waals surface area contributed by atoms with Gasteiger partial charge >= 0.3 is 6.03 Å². The van der Waals surface area contributed by atoms with Gasteiger partial charge in [0.15, 0.2) is 0 Å². The lowest BCUT2D eigenvalue weighted by Gasteiger charge is -2.31. The van der Waals surface area contributed by atoms with Crippen molar-refractivity contribution < 1.29 is 13.9 Å². The van der Waals surface area contributed by atoms with Crippen molar-refractivity contribution in [2.75, 3.05) is 18.4 Å². The lowest BCUT2D eigenvalue weighted by atomic mass is 10.1. The maximum absolute atomic E-state index is 13.8. The smallest absolute Gasteiger partial charge is 0.321 e. The Kier molecular flexibility index (Phi) is 5.57. The number of carbonyl (C=O) groups excluding carboxylic acids is 1. The number of thiazole rings is 1. The maximum Gasteiger partial charge on any atom is 0.321 e. The predicted molar refractivity (Wildman–Crippen MR) is 110 cm³/mol. The zero-order valence-corrected chi connectivity index (χ0v) is 17.0. The first-order chi connectivity index (χ1) is 13.5. The molecular weight excluding hydrogens is 424 g/mol. The number of halogens is 3. The number of likely N-dealkylation sites (tertiary alicyclic amines) is 1. The highest BCUT2D eigenvalue weighted by Gasteiger charge is 2.25. The van der Waals surface area contributed by atoms with Crippen molar-refractivity contribution >= 4 is 56.5 Å². The fraction of sp³-hybridized carbons (Fsp3) is 0.263. The van der Waals surface area contributed by atoms with E-state index in [1.807, 2.05) is 6.07 Å². The maximum atomic E-state index is 13.8. The number of rotatable bonds is 3. The van der Waals surface area contributed by atoms with E-state index in [2.05, 4.69) is 10.3 Å². The molecule has 0 saturated carbocycles. The first kappa shape index (κ1) is 19.2. The molecule has 0 spiro atoms. The standard InChI is InChI=1S/C19H16Cl2FN3O2S/c20-13-5-4-11(10-14(13)21)23-18(26)25-8-6-12(7-9-25)27-19-24-17-15(22)2-1-3-16(17)28-19/h1-5,10,12H,6-9H2,(H,23,26). The molecule has 1 N–H and O–H groups in total. The molecule has 0 bridgehead atoms. The predicted octanol–water partition coefficient (Wildman–Crippen LogP) is 5.82. The molecule has 0 atom stereocenters. The van der Waals surface area contributed by atoms with Gasteiger partial charge in [0.1, 0.15) is 17.4 Å². The van der Waals surface area contributed by atoms with Crippen LogP contribution in [-0.2, 0) is 0 Å². The minimum atomic E-state index is -0.350. The number of fused-ring (bicyclic) bond motifs is 1. The van der Waals surface area contributed by atoms with Crippen molar-refractivity contribution in [1.29, 1.82) is 0 Å². The number of benzene rings is 2. The summed E-state index contributed by atoms with van der Waals surface area (Å²) in [6.45, 7) is 1.11. The Morgan fingerprint density at radius 3 is 2.71 bits per heavy atom. The number of amides is 2. The molecule has 1 fully saturated rings. The molecule has 146 valence electrons. The van der Waals surface area contributed by atoms with Gasteiger partial charge in [0.05, 0.1) is 14.7 Å². The third-order valence-corrected chi connectivity index (χ3v) is 6.17. The summed E-state index contributed by atoms with van der Waals surface area (Å²) >= 11 is 13.2. The van der Waals surface area contributed by atoms with E-state index in [0.717, 1.165) is 4.70 Å². The summed E-state index contributed by atoms with van der Waals surface area (Å²) in [6, 6.07) is 9.62. The van der Waals surface area contributed by atoms with Crippen molar-refractivity contribution in [3.63, 3.8) is 0 Å². The highest BCUT2D eigenvalue weighted by Crippen LogP contribution is 2.31. The number of piperidine rings is 1. The number of nitrogens with one attached hydrogen (secondary N) is 1. The van der Waals surface area contributed by atoms with Crippen LogP contribution in [0.15, 0.2) is 36.4 Å². The van der Waals surface area contributed by atoms with E-state index in [-0.39, 0.29) is 18.0 Å². The molecule has 2 heterocycles. The molecule has 1 aliphatic rings. The minimum absolute atomic E-state index is 0.0577. The summed E-state index contributed by atoms with van der Waals surface area (Å²) in [6.07, 6.45) is 1.29. The number of para-hydroxylation sites is 1. The van der Waals surface area contributed by atoms with Gasteiger partial charge in [-0.25, -0.2) is 9.18 Å². The summed E-state index contributed by atoms with van der Waals surface area (Å²) in [5, 5.41) is 4.10. The summed E-state index contributed by atoms with van der Waals surface area (Å²) in [4.78, 5) is 18.4. The monoisotopic (exact) mass is 439 g/mol. The summed E-state index contributed by atoms with van der Waals surface area (Å²) in [7, 11) is 0. The van der Waals surface area contributed by atoms with Crippen LogP contribution in [-0.4, -0.2) is 35.1 Å². The normalized spacial score (nSPS) is 15.0. The van der Waals surface area contributed by atoms with Crippen LogP contribution >= 0.6 is 34.5 Å². The Bertz CT molecular complexity index is 1020. The molecule has 2 amide bonds. The van der Waals surface area contributed by atoms with E-state index >= 15 is 0 Å². The molecule has 9 heteroatoms. The van der Waals surface area contributed by atoms with E-state index in [1.165, 1.54) is 17.4 Å². The number of ether oxygens (including phenoxy) is 1. The third-order valence-electron chi connectivity index (χ3n) is 4.52. The van der Waals surface area contributed by atoms with Gasteiger partial charge in [-0.3, -0.25) is 0 Å². The van der Waals surface area contributed by atoms with Crippen molar-refractivity contribution in [1.82, 2.24) is 9.88 Å². The van der Waals surface area contributed by atoms with Gasteiger partial charge in [0, 0.05) is 31.6 Å². The zero-order chi connectivity index (χ0) is 19.7. The SMILES string of the molecule is O=C(Nc1ccc(Cl)c(Cl)c1)N1CCC(Oc2nc3c(F)cccc3s2)CC1. The molecule has 0 radical (unpaired) electrons. The number of aromatic nitrogens is 1. The molecule has 1 aromatic heterocycles. The number of carbonyl (C=O) groups is 1. The number of hydrogen-bond acceptors (Lipinski definition) is 4. The van der Waals surface area contributed by atoms with Crippen LogP contribution < -0.4 is 10.1 Å². The molecule has 5 nitrogen and oxygen atoms in total. The molecule has 0 unspecified atom stereocenters. The number of urea groups is 1. The first-order valence-electron chi connectivity index (χ1n) is 8.72. The van der Waals surface area contributed by atoms with Crippen LogP contribution in [0.3, 0.4) is 0 Å². The topological polar surface area (TPSA) is 54.5 Å². The second-order valence-electron chi connectivity index (χ2n) is 6.43. The van der Waals surface area contributed by atoms with Crippen LogP contribution in [0.1, 0.15) is 12.8 Å². The number of hydrogen-bond donors (Lipinski definition) is 1. The van der Waals surface area contributed by atoms with Gasteiger partial charge in [0.2, 0.25) is 0 Å². The second kappa shape index (κ2) is 8.11. The molecule has 3 aromatic rings. The minimum Gasteiger partial charge on any atom is -0.467 e. The molecule has 28 heavy (non-hydrogen) atoms. The van der Waals surface area contributed by atoms with Crippen LogP contribution in [0.5, 0.6) is 5.19 Å². The van der Waals surface area contributed by atoms with E-state index in [0.29, 0.717) is 52.4 Å². The zero-order valence-electron chi connectivity index (χ0n) is 14.6. The lowest BCUT2D eigenvalue weighted by Crippen LogP contribution is -2.43. The first-order valence-corrected chi connectivity index (χ1v) is 10.3. The molecule has 4 rings (SSSR count). The highest BCUT2D eigenvalue weighted by atomic mass is 35.5. The third kappa shape index (κ3) is 4.16. The highest BCUT2D eigenvalue weighted by molar-refractivity contribution is 7.20. The Morgan fingerprint density at radius 1 is 1.21 bits per heavy atom. The van der Waals surface area contributed by atoms with E-state index in [1.54, 1.807) is 29.2 Å². The molecule has 1 aliphatic heterocycles. The Hall–Kier alpha value is -2.09. The van der Waals surface area contributed by atoms with Gasteiger partial charge in [-0.15, -0.1) is 0 Å². The van der Waals surface area contributed by atoms with Crippen molar-refractivity contribution in [2.24, 2.45) is 0 Å². The lowest BCUT2D eigenvalue weighted by molar-refractivity contribution is 0.115. The largest absolute Gasteiger partial charge is 0.467 e. The number of nitrogens with zero attached hydrogens (tertiary/aromatic N) is 2. The Labute approximate surface area is 175 Å². The summed E-state index contributed by atoms with van der Waals surface area (Å²) < 4.78 is 20.4. The quantitative estimate of drug-likeness (QED) is 0.559. The van der Waals surface area contributed by atoms with Gasteiger partial charge in [-0.2, -0.15) is 4.98 Å². The van der Waals surface area contributed by atoms with Gasteiger partial charge < -0.3 is 15.0 Å². The molecule has 1 saturated heterocycles. The van der Waals surface area contributed by atoms with Crippen LogP contribution in [0.25, 0.3) is 10.2 Å². The molecular formula is C19H16Cl2FN3O2S. The average molecular weight is 440 g/mol. The fourth-order valence-corrected chi connectivity index (χ4v) is 4.23. The summed E-state index contributed by atoms with van der Waals surface area (Å²) in [5.41, 5.74) is 0.926. The van der Waals surface area contributed by atoms with Crippen molar-refractivity contribution in [3.8, 4) is 5.19 Å². The van der Waals surface area contributed by atoms with Gasteiger partial charge in [-0.1, -0.05) is 40.6 Å². The van der Waals surface area contributed by atoms with E-state index in [4.69, 9.17) is 27.9 Å². The van der Waals surface area contributed by atoms with Crippen LogP contribution in [0.4, 0.5) is 14.9 Å². The van der Waals surface area contributed by atoms with Crippen LogP contribution in [0.2, 0.25) is 10.0 Å². The van der Waals surface area contributed by atoms with Crippen molar-refractivity contribution in [3.05, 3.63) is 52.3 Å². The molecule has 0 aliphatic carbocycles. The van der Waals surface area contributed by atoms with E-state index in [9.17, 15) is 9.18 Å². The van der Waals surface area contributed by atoms with Gasteiger partial charge in [0.25, 0.3) is 5.19 Å². The summed E-state index contributed by atoms with van der Waals surface area (Å²) in [5.74, 6) is -0.350. The number of anilines is 1. The van der Waals surface area contributed by atoms with E-state index < -0.39 is 0 Å². The molecule has 2 aromatic carbocycles. The Morgan fingerprint density at radius 2 is 2.00 bits per heavy atom. The van der Waals surface area contributed by atoms with Crippen LogP contribution in [0, 0.1) is 5.82 Å². The Balaban J connectivity index is 1.32. The van der Waals surface area contributed by atoms with Gasteiger partial charge in [-0.05, 0) is 30.3 Å². The second-order valence-corrected chi connectivity index (χ2v) is 8.24.